The van der Waals surface area contributed by atoms with Gasteiger partial charge in [0.15, 0.2) is 6.10 Å². The summed E-state index contributed by atoms with van der Waals surface area (Å²) in [6, 6.07) is 0. The normalized spacial score (nSPS) is 12.1. The Morgan fingerprint density at radius 3 is 0.714 bits per heavy atom. The third kappa shape index (κ3) is 64.6. The van der Waals surface area contributed by atoms with E-state index in [0.717, 1.165) is 64.2 Å². The van der Waals surface area contributed by atoms with E-state index in [1.807, 2.05) is 0 Å². The average Bonchev–Trinajstić information content (AvgIpc) is 3.43. The lowest BCUT2D eigenvalue weighted by molar-refractivity contribution is -0.167. The van der Waals surface area contributed by atoms with Crippen LogP contribution >= 0.6 is 0 Å². The largest absolute Gasteiger partial charge is 0.462 e. The second-order valence-corrected chi connectivity index (χ2v) is 23.8. The molecule has 0 aliphatic rings. The van der Waals surface area contributed by atoms with Gasteiger partial charge in [0.1, 0.15) is 13.2 Å². The molecule has 6 nitrogen and oxygen atoms in total. The highest BCUT2D eigenvalue weighted by atomic mass is 16.6. The molecule has 454 valence electrons. The second-order valence-electron chi connectivity index (χ2n) is 23.8. The maximum atomic E-state index is 12.9. The lowest BCUT2D eigenvalue weighted by Gasteiger charge is -2.18. The minimum absolute atomic E-state index is 0.0658. The van der Waals surface area contributed by atoms with Crippen LogP contribution in [0.3, 0.4) is 0 Å². The molecule has 0 amide bonds. The molecule has 0 N–H and O–H groups in total. The molecule has 0 aromatic heterocycles. The Bertz CT molecular complexity index is 1240. The number of carbonyl (C=O) groups excluding carboxylic acids is 3. The first-order valence-corrected chi connectivity index (χ1v) is 34.8. The Labute approximate surface area is 481 Å². The zero-order valence-electron chi connectivity index (χ0n) is 52.3. The fourth-order valence-corrected chi connectivity index (χ4v) is 10.7. The summed E-state index contributed by atoms with van der Waals surface area (Å²) in [6.45, 7) is 6.64. The monoisotopic (exact) mass is 1080 g/mol. The molecule has 0 saturated carbocycles. The van der Waals surface area contributed by atoms with E-state index in [9.17, 15) is 14.4 Å². The van der Waals surface area contributed by atoms with Crippen LogP contribution in [-0.4, -0.2) is 37.2 Å². The summed E-state index contributed by atoms with van der Waals surface area (Å²) in [6.07, 6.45) is 81.1. The topological polar surface area (TPSA) is 78.9 Å². The average molecular weight is 1080 g/mol. The molecule has 77 heavy (non-hydrogen) atoms. The molecule has 0 aromatic rings. The van der Waals surface area contributed by atoms with Crippen molar-refractivity contribution in [1.82, 2.24) is 0 Å². The third-order valence-corrected chi connectivity index (χ3v) is 16.0. The van der Waals surface area contributed by atoms with Gasteiger partial charge in [0, 0.05) is 19.3 Å². The molecule has 0 heterocycles. The van der Waals surface area contributed by atoms with E-state index < -0.39 is 6.10 Å². The van der Waals surface area contributed by atoms with Crippen LogP contribution in [0.1, 0.15) is 393 Å². The van der Waals surface area contributed by atoms with Crippen LogP contribution in [0.2, 0.25) is 0 Å². The van der Waals surface area contributed by atoms with E-state index in [-0.39, 0.29) is 31.1 Å². The van der Waals surface area contributed by atoms with Crippen molar-refractivity contribution >= 4 is 17.9 Å². The highest BCUT2D eigenvalue weighted by Gasteiger charge is 2.19. The Morgan fingerprint density at radius 1 is 0.260 bits per heavy atom. The van der Waals surface area contributed by atoms with E-state index in [4.69, 9.17) is 14.2 Å². The lowest BCUT2D eigenvalue weighted by atomic mass is 10.0. The number of hydrogen-bond acceptors (Lipinski definition) is 6. The fraction of sp³-hybridized carbons (Fsp3) is 0.901. The minimum Gasteiger partial charge on any atom is -0.462 e. The Kier molecular flexibility index (Phi) is 64.6. The van der Waals surface area contributed by atoms with Crippen molar-refractivity contribution < 1.29 is 28.6 Å². The van der Waals surface area contributed by atoms with Gasteiger partial charge in [-0.3, -0.25) is 14.4 Å². The molecule has 0 fully saturated rings. The molecular formula is C71H134O6. The van der Waals surface area contributed by atoms with Crippen LogP contribution in [0.4, 0.5) is 0 Å². The van der Waals surface area contributed by atoms with Gasteiger partial charge in [-0.2, -0.15) is 0 Å². The zero-order chi connectivity index (χ0) is 55.7. The van der Waals surface area contributed by atoms with E-state index in [2.05, 4.69) is 45.1 Å². The molecule has 0 saturated heterocycles. The molecular weight excluding hydrogens is 949 g/mol. The van der Waals surface area contributed by atoms with E-state index in [0.29, 0.717) is 19.3 Å². The molecule has 0 aliphatic carbocycles. The van der Waals surface area contributed by atoms with Crippen molar-refractivity contribution in [2.24, 2.45) is 0 Å². The van der Waals surface area contributed by atoms with Crippen LogP contribution in [0.5, 0.6) is 0 Å². The number of hydrogen-bond donors (Lipinski definition) is 0. The van der Waals surface area contributed by atoms with Crippen molar-refractivity contribution in [2.45, 2.75) is 399 Å². The molecule has 6 heteroatoms. The molecule has 1 unspecified atom stereocenters. The van der Waals surface area contributed by atoms with Gasteiger partial charge in [0.25, 0.3) is 0 Å². The number of unbranched alkanes of at least 4 members (excludes halogenated alkanes) is 50. The maximum absolute atomic E-state index is 12.9. The van der Waals surface area contributed by atoms with Crippen LogP contribution in [0, 0.1) is 0 Å². The van der Waals surface area contributed by atoms with Crippen molar-refractivity contribution in [3.63, 3.8) is 0 Å². The lowest BCUT2D eigenvalue weighted by Crippen LogP contribution is -2.30. The number of allylic oxidation sites excluding steroid dienone is 4. The van der Waals surface area contributed by atoms with Crippen LogP contribution in [-0.2, 0) is 28.6 Å². The SMILES string of the molecule is CCCCCCC/C=C\C/C=C\CCCCCCCCCCCCCCCC(=O)OC(COC(=O)CCCCCCCC)COC(=O)CCCCCCCCCCCCCCCCCCCCCCCCCCCCCC. The number of rotatable bonds is 65. The summed E-state index contributed by atoms with van der Waals surface area (Å²) in [5.74, 6) is -0.849. The Morgan fingerprint density at radius 2 is 0.468 bits per heavy atom. The van der Waals surface area contributed by atoms with Crippen LogP contribution in [0.25, 0.3) is 0 Å². The van der Waals surface area contributed by atoms with Crippen LogP contribution in [0.15, 0.2) is 24.3 Å². The summed E-state index contributed by atoms with van der Waals surface area (Å²) in [4.78, 5) is 38.1. The predicted molar refractivity (Wildman–Crippen MR) is 335 cm³/mol. The molecule has 0 rings (SSSR count). The standard InChI is InChI=1S/C71H134O6/c1-4-7-10-13-16-18-20-22-24-26-28-30-32-34-35-36-38-39-41-43-45-47-49-51-53-55-58-61-64-70(73)76-67-68(66-75-69(72)63-60-57-15-12-9-6-3)77-71(74)65-62-59-56-54-52-50-48-46-44-42-40-37-33-31-29-27-25-23-21-19-17-14-11-8-5-2/h21,23,27,29,68H,4-20,22,24-26,28,30-67H2,1-3H3/b23-21-,29-27-. The van der Waals surface area contributed by atoms with Crippen molar-refractivity contribution in [3.05, 3.63) is 24.3 Å². The summed E-state index contributed by atoms with van der Waals surface area (Å²) < 4.78 is 16.9. The minimum atomic E-state index is -0.766. The summed E-state index contributed by atoms with van der Waals surface area (Å²) >= 11 is 0. The Balaban J connectivity index is 3.97. The summed E-state index contributed by atoms with van der Waals surface area (Å²) in [5.41, 5.74) is 0. The van der Waals surface area contributed by atoms with E-state index in [1.54, 1.807) is 0 Å². The highest BCUT2D eigenvalue weighted by molar-refractivity contribution is 5.71. The molecule has 0 bridgehead atoms. The molecule has 0 aliphatic heterocycles. The maximum Gasteiger partial charge on any atom is 0.306 e. The summed E-state index contributed by atoms with van der Waals surface area (Å²) in [7, 11) is 0. The van der Waals surface area contributed by atoms with Gasteiger partial charge >= 0.3 is 17.9 Å². The first-order valence-electron chi connectivity index (χ1n) is 34.8. The number of ether oxygens (including phenoxy) is 3. The first kappa shape index (κ1) is 74.9. The first-order chi connectivity index (χ1) is 38.0. The fourth-order valence-electron chi connectivity index (χ4n) is 10.7. The summed E-state index contributed by atoms with van der Waals surface area (Å²) in [5, 5.41) is 0. The predicted octanol–water partition coefficient (Wildman–Crippen LogP) is 23.8. The van der Waals surface area contributed by atoms with Crippen molar-refractivity contribution in [1.29, 1.82) is 0 Å². The van der Waals surface area contributed by atoms with Gasteiger partial charge < -0.3 is 14.2 Å². The zero-order valence-corrected chi connectivity index (χ0v) is 52.3. The molecule has 0 radical (unpaired) electrons. The quantitative estimate of drug-likeness (QED) is 0.0261. The number of carbonyl (C=O) groups is 3. The van der Waals surface area contributed by atoms with Gasteiger partial charge in [-0.15, -0.1) is 0 Å². The van der Waals surface area contributed by atoms with Gasteiger partial charge in [-0.1, -0.05) is 347 Å². The van der Waals surface area contributed by atoms with E-state index >= 15 is 0 Å². The third-order valence-electron chi connectivity index (χ3n) is 16.0. The number of esters is 3. The van der Waals surface area contributed by atoms with Gasteiger partial charge in [0.05, 0.1) is 0 Å². The molecule has 0 aromatic carbocycles. The van der Waals surface area contributed by atoms with Crippen molar-refractivity contribution in [2.75, 3.05) is 13.2 Å². The van der Waals surface area contributed by atoms with Crippen molar-refractivity contribution in [3.8, 4) is 0 Å². The second kappa shape index (κ2) is 66.4. The Hall–Kier alpha value is -2.11. The van der Waals surface area contributed by atoms with E-state index in [1.165, 1.54) is 289 Å². The highest BCUT2D eigenvalue weighted by Crippen LogP contribution is 2.19. The van der Waals surface area contributed by atoms with Gasteiger partial charge in [0.2, 0.25) is 0 Å². The van der Waals surface area contributed by atoms with Gasteiger partial charge in [-0.25, -0.2) is 0 Å². The smallest absolute Gasteiger partial charge is 0.306 e. The molecule has 0 spiro atoms. The van der Waals surface area contributed by atoms with Crippen LogP contribution < -0.4 is 0 Å². The van der Waals surface area contributed by atoms with Gasteiger partial charge in [-0.05, 0) is 51.4 Å². The molecule has 1 atom stereocenters.